The van der Waals surface area contributed by atoms with E-state index in [-0.39, 0.29) is 32.2 Å². The summed E-state index contributed by atoms with van der Waals surface area (Å²) >= 11 is 0. The number of hydrogen-bond donors (Lipinski definition) is 1. The Morgan fingerprint density at radius 3 is 2.08 bits per heavy atom. The number of phenolic OH excluding ortho intramolecular Hbond substituents is 1. The second-order valence-electron chi connectivity index (χ2n) is 19.4. The summed E-state index contributed by atoms with van der Waals surface area (Å²) in [5, 5.41) is 13.9. The Balaban J connectivity index is 0.00000471. The van der Waals surface area contributed by atoms with Crippen LogP contribution in [0.2, 0.25) is 0 Å². The van der Waals surface area contributed by atoms with E-state index >= 15 is 0 Å². The van der Waals surface area contributed by atoms with Gasteiger partial charge in [-0.05, 0) is 120 Å². The molecule has 11 rings (SSSR count). The van der Waals surface area contributed by atoms with Crippen LogP contribution in [0.25, 0.3) is 94.9 Å². The molecule has 0 amide bonds. The summed E-state index contributed by atoms with van der Waals surface area (Å²) < 4.78 is 14.8. The van der Waals surface area contributed by atoms with Gasteiger partial charge in [0.15, 0.2) is 0 Å². The first-order valence-corrected chi connectivity index (χ1v) is 21.9. The zero-order valence-electron chi connectivity index (χ0n) is 36.8. The fourth-order valence-electron chi connectivity index (χ4n) is 9.92. The standard InChI is InChI=1S/C56H50N3O3.Pt/c1-32-11-8-12-33(2)52(32)59-44-14-9-13-41(38-27-39(29-40(28-38)55(3,4)5)43-31-48-50-49-46(61-48)15-10-16-47(49)62-54(50)57-43)51(44)58-53(59)42-22-21-37(30-45(42)60)35-19-17-34(18-20-35)36-23-25-56(6,7)26-24-36;/h8-22,28-31,36,60H,23-26H2,1-7H3;/q-1;. The van der Waals surface area contributed by atoms with Crippen molar-refractivity contribution in [3.63, 3.8) is 0 Å². The molecule has 0 atom stereocenters. The predicted molar refractivity (Wildman–Crippen MR) is 253 cm³/mol. The second kappa shape index (κ2) is 15.1. The summed E-state index contributed by atoms with van der Waals surface area (Å²) in [6.07, 6.45) is 5.00. The zero-order valence-corrected chi connectivity index (χ0v) is 39.1. The van der Waals surface area contributed by atoms with E-state index in [0.29, 0.717) is 28.4 Å². The number of furan rings is 2. The predicted octanol–water partition coefficient (Wildman–Crippen LogP) is 15.3. The van der Waals surface area contributed by atoms with E-state index in [1.807, 2.05) is 36.4 Å². The van der Waals surface area contributed by atoms with Gasteiger partial charge < -0.3 is 13.9 Å². The van der Waals surface area contributed by atoms with Gasteiger partial charge in [-0.1, -0.05) is 112 Å². The van der Waals surface area contributed by atoms with E-state index in [1.54, 1.807) is 0 Å². The molecule has 1 saturated carbocycles. The van der Waals surface area contributed by atoms with Gasteiger partial charge in [-0.2, -0.15) is 0 Å². The van der Waals surface area contributed by atoms with Crippen LogP contribution in [0, 0.1) is 25.3 Å². The van der Waals surface area contributed by atoms with Crippen LogP contribution in [0.15, 0.2) is 124 Å². The third-order valence-corrected chi connectivity index (χ3v) is 13.6. The largest absolute Gasteiger partial charge is 0.507 e. The van der Waals surface area contributed by atoms with Gasteiger partial charge >= 0.3 is 0 Å². The Labute approximate surface area is 382 Å². The third kappa shape index (κ3) is 6.98. The number of rotatable bonds is 6. The SMILES string of the molecule is Cc1cccc(C)c1-n1c(-c2ccc(-c3ccc(C4CCC(C)(C)CC4)cc3)cc2O)nc2c(-c3[c-]c(-c4cc5oc6cccc7oc(n4)c5c67)cc(C(C)(C)C)c3)cccc21.[Pt]. The minimum Gasteiger partial charge on any atom is -0.507 e. The number of fused-ring (bicyclic) bond motifs is 1. The molecule has 1 aliphatic carbocycles. The van der Waals surface area contributed by atoms with E-state index in [2.05, 4.69) is 138 Å². The molecule has 63 heavy (non-hydrogen) atoms. The number of hydrogen-bond acceptors (Lipinski definition) is 5. The Kier molecular flexibility index (Phi) is 9.84. The smallest absolute Gasteiger partial charge is 0.224 e. The molecule has 0 radical (unpaired) electrons. The summed E-state index contributed by atoms with van der Waals surface area (Å²) in [7, 11) is 0. The molecular formula is C56H50N3O3Pt-. The number of nitrogens with zero attached hydrogens (tertiary/aromatic N) is 3. The van der Waals surface area contributed by atoms with E-state index in [0.717, 1.165) is 94.4 Å². The van der Waals surface area contributed by atoms with Crippen LogP contribution in [-0.4, -0.2) is 19.6 Å². The molecule has 7 heteroatoms. The Morgan fingerprint density at radius 1 is 0.698 bits per heavy atom. The van der Waals surface area contributed by atoms with Crippen LogP contribution in [0.1, 0.15) is 88.5 Å². The van der Waals surface area contributed by atoms with Gasteiger partial charge in [0.25, 0.3) is 0 Å². The summed E-state index contributed by atoms with van der Waals surface area (Å²) in [6.45, 7) is 15.7. The average molecular weight is 1010 g/mol. The first-order chi connectivity index (χ1) is 29.8. The maximum Gasteiger partial charge on any atom is 0.224 e. The van der Waals surface area contributed by atoms with Crippen molar-refractivity contribution < 1.29 is 35.0 Å². The summed E-state index contributed by atoms with van der Waals surface area (Å²) in [5.74, 6) is 1.47. The van der Waals surface area contributed by atoms with Crippen molar-refractivity contribution in [1.82, 2.24) is 14.5 Å². The minimum absolute atomic E-state index is 0. The van der Waals surface area contributed by atoms with Gasteiger partial charge in [0.05, 0.1) is 33.1 Å². The minimum atomic E-state index is -0.180. The number of imidazole rings is 1. The van der Waals surface area contributed by atoms with E-state index in [1.165, 1.54) is 31.2 Å². The van der Waals surface area contributed by atoms with Gasteiger partial charge in [-0.25, -0.2) is 4.98 Å². The topological polar surface area (TPSA) is 77.2 Å². The number of pyridine rings is 1. The van der Waals surface area contributed by atoms with Crippen LogP contribution in [0.5, 0.6) is 5.75 Å². The van der Waals surface area contributed by atoms with Gasteiger partial charge in [-0.3, -0.25) is 9.55 Å². The molecule has 6 aromatic carbocycles. The molecule has 1 aliphatic rings. The molecule has 0 bridgehead atoms. The molecule has 0 unspecified atom stereocenters. The number of aromatic hydroxyl groups is 1. The first kappa shape index (κ1) is 41.1. The normalized spacial score (nSPS) is 14.7. The molecule has 6 nitrogen and oxygen atoms in total. The van der Waals surface area contributed by atoms with Gasteiger partial charge in [0.2, 0.25) is 5.71 Å². The van der Waals surface area contributed by atoms with Crippen molar-refractivity contribution in [3.05, 3.63) is 144 Å². The second-order valence-corrected chi connectivity index (χ2v) is 19.4. The molecule has 0 spiro atoms. The monoisotopic (exact) mass is 1010 g/mol. The number of aryl methyl sites for hydroxylation is 2. The van der Waals surface area contributed by atoms with Crippen molar-refractivity contribution in [3.8, 4) is 56.3 Å². The van der Waals surface area contributed by atoms with Crippen LogP contribution < -0.4 is 0 Å². The van der Waals surface area contributed by atoms with Crippen LogP contribution in [-0.2, 0) is 26.5 Å². The van der Waals surface area contributed by atoms with Crippen molar-refractivity contribution in [2.24, 2.45) is 5.41 Å². The molecule has 0 aliphatic heterocycles. The molecule has 10 aromatic rings. The van der Waals surface area contributed by atoms with Gasteiger partial charge in [0, 0.05) is 26.8 Å². The van der Waals surface area contributed by atoms with E-state index in [9.17, 15) is 5.11 Å². The fraction of sp³-hybridized carbons (Fsp3) is 0.250. The van der Waals surface area contributed by atoms with Crippen molar-refractivity contribution in [2.75, 3.05) is 0 Å². The molecule has 0 saturated heterocycles. The summed E-state index contributed by atoms with van der Waals surface area (Å²) in [4.78, 5) is 10.5. The van der Waals surface area contributed by atoms with Gasteiger partial charge in [-0.15, -0.1) is 29.3 Å². The first-order valence-electron chi connectivity index (χ1n) is 21.9. The molecule has 1 fully saturated rings. The van der Waals surface area contributed by atoms with Crippen LogP contribution >= 0.6 is 0 Å². The van der Waals surface area contributed by atoms with Crippen LogP contribution in [0.3, 0.4) is 0 Å². The van der Waals surface area contributed by atoms with Crippen molar-refractivity contribution in [2.45, 2.75) is 85.5 Å². The molecule has 1 N–H and O–H groups in total. The summed E-state index contributed by atoms with van der Waals surface area (Å²) in [6, 6.07) is 43.8. The van der Waals surface area contributed by atoms with Crippen molar-refractivity contribution >= 4 is 44.3 Å². The Bertz CT molecular complexity index is 3270. The van der Waals surface area contributed by atoms with Gasteiger partial charge in [0.1, 0.15) is 28.3 Å². The maximum atomic E-state index is 12.0. The summed E-state index contributed by atoms with van der Waals surface area (Å²) in [5.41, 5.74) is 16.8. The number of phenols is 1. The maximum absolute atomic E-state index is 12.0. The quantitative estimate of drug-likeness (QED) is 0.168. The average Bonchev–Trinajstić information content (AvgIpc) is 3.95. The van der Waals surface area contributed by atoms with Crippen molar-refractivity contribution in [1.29, 1.82) is 0 Å². The van der Waals surface area contributed by atoms with E-state index < -0.39 is 0 Å². The van der Waals surface area contributed by atoms with Crippen LogP contribution in [0.4, 0.5) is 0 Å². The Hall–Kier alpha value is -5.97. The Morgan fingerprint density at radius 2 is 1.37 bits per heavy atom. The fourth-order valence-corrected chi connectivity index (χ4v) is 9.92. The zero-order chi connectivity index (χ0) is 42.7. The molecule has 318 valence electrons. The molecule has 4 aromatic heterocycles. The third-order valence-electron chi connectivity index (χ3n) is 13.6. The molecule has 4 heterocycles. The van der Waals surface area contributed by atoms with E-state index in [4.69, 9.17) is 18.8 Å². The number of aromatic nitrogens is 3. The molecular weight excluding hydrogens is 958 g/mol. The number of benzene rings is 6. The number of para-hydroxylation sites is 2.